The Hall–Kier alpha value is -3.76. The van der Waals surface area contributed by atoms with Gasteiger partial charge in [0.25, 0.3) is 11.8 Å². The number of anilines is 2. The van der Waals surface area contributed by atoms with Gasteiger partial charge in [-0.15, -0.1) is 0 Å². The molecule has 4 rings (SSSR count). The molecule has 4 amide bonds. The van der Waals surface area contributed by atoms with Crippen molar-refractivity contribution in [3.05, 3.63) is 59.7 Å². The number of unbranched alkanes of at least 4 members (excludes halogenated alkanes) is 5. The van der Waals surface area contributed by atoms with Gasteiger partial charge in [0.15, 0.2) is 0 Å². The van der Waals surface area contributed by atoms with Gasteiger partial charge in [-0.1, -0.05) is 49.9 Å². The van der Waals surface area contributed by atoms with Gasteiger partial charge in [0.1, 0.15) is 0 Å². The fourth-order valence-electron chi connectivity index (χ4n) is 5.50. The summed E-state index contributed by atoms with van der Waals surface area (Å²) in [5.41, 5.74) is 1.93. The lowest BCUT2D eigenvalue weighted by Gasteiger charge is -2.14. The van der Waals surface area contributed by atoms with Crippen LogP contribution in [-0.4, -0.2) is 62.1 Å². The van der Waals surface area contributed by atoms with Crippen molar-refractivity contribution in [2.45, 2.75) is 89.3 Å². The number of nitrogens with one attached hydrogen (secondary N) is 4. The van der Waals surface area contributed by atoms with Crippen LogP contribution in [0.1, 0.15) is 97.8 Å². The Kier molecular flexibility index (Phi) is 13.7. The summed E-state index contributed by atoms with van der Waals surface area (Å²) in [4.78, 5) is 50.4. The van der Waals surface area contributed by atoms with Crippen LogP contribution in [0.5, 0.6) is 0 Å². The highest BCUT2D eigenvalue weighted by atomic mass is 16.5. The number of para-hydroxylation sites is 2. The maximum absolute atomic E-state index is 12.7. The second-order valence-corrected chi connectivity index (χ2v) is 11.5. The second-order valence-electron chi connectivity index (χ2n) is 11.5. The first-order valence-corrected chi connectivity index (χ1v) is 16.1. The van der Waals surface area contributed by atoms with Gasteiger partial charge in [-0.3, -0.25) is 19.2 Å². The first kappa shape index (κ1) is 33.1. The predicted octanol–water partition coefficient (Wildman–Crippen LogP) is 5.20. The Morgan fingerprint density at radius 1 is 0.591 bits per heavy atom. The molecule has 2 aliphatic heterocycles. The molecule has 238 valence electrons. The van der Waals surface area contributed by atoms with Gasteiger partial charge in [0.05, 0.1) is 34.7 Å². The molecule has 0 radical (unpaired) electrons. The minimum absolute atomic E-state index is 0.0575. The Morgan fingerprint density at radius 3 is 1.41 bits per heavy atom. The van der Waals surface area contributed by atoms with E-state index in [0.717, 1.165) is 77.4 Å². The Balaban J connectivity index is 1.06. The molecule has 0 aliphatic carbocycles. The standard InChI is InChI=1S/C34H46N4O6/c39-31(37-29-17-9-7-15-27(29)33(41)35-23-25-13-11-21-43-25)19-5-3-1-2-4-6-20-32(40)38-30-18-10-8-16-28(30)34(42)36-24-26-14-12-22-44-26/h7-10,15-18,25-26H,1-6,11-14,19-24H2,(H,35,41)(H,36,42)(H,37,39)(H,38,40). The van der Waals surface area contributed by atoms with Crippen LogP contribution in [0.25, 0.3) is 0 Å². The van der Waals surface area contributed by atoms with Gasteiger partial charge < -0.3 is 30.7 Å². The van der Waals surface area contributed by atoms with Gasteiger partial charge >= 0.3 is 0 Å². The van der Waals surface area contributed by atoms with Gasteiger partial charge in [0.2, 0.25) is 11.8 Å². The molecule has 0 saturated carbocycles. The first-order chi connectivity index (χ1) is 21.5. The summed E-state index contributed by atoms with van der Waals surface area (Å²) < 4.78 is 11.1. The molecule has 2 aromatic carbocycles. The average Bonchev–Trinajstić information content (AvgIpc) is 3.75. The van der Waals surface area contributed by atoms with E-state index in [9.17, 15) is 19.2 Å². The average molecular weight is 607 g/mol. The van der Waals surface area contributed by atoms with Crippen LogP contribution in [0.15, 0.2) is 48.5 Å². The zero-order valence-corrected chi connectivity index (χ0v) is 25.5. The monoisotopic (exact) mass is 606 g/mol. The van der Waals surface area contributed by atoms with Crippen molar-refractivity contribution in [3.8, 4) is 0 Å². The van der Waals surface area contributed by atoms with Crippen molar-refractivity contribution in [1.29, 1.82) is 0 Å². The van der Waals surface area contributed by atoms with Crippen molar-refractivity contribution >= 4 is 35.0 Å². The number of carbonyl (C=O) groups excluding carboxylic acids is 4. The lowest BCUT2D eigenvalue weighted by Crippen LogP contribution is -2.32. The molecule has 2 fully saturated rings. The highest BCUT2D eigenvalue weighted by molar-refractivity contribution is 6.04. The fourth-order valence-corrected chi connectivity index (χ4v) is 5.50. The summed E-state index contributed by atoms with van der Waals surface area (Å²) >= 11 is 0. The van der Waals surface area contributed by atoms with E-state index in [0.29, 0.717) is 48.4 Å². The molecule has 4 N–H and O–H groups in total. The molecule has 0 aromatic heterocycles. The van der Waals surface area contributed by atoms with Gasteiger partial charge in [-0.2, -0.15) is 0 Å². The summed E-state index contributed by atoms with van der Waals surface area (Å²) in [6.07, 6.45) is 10.1. The molecule has 10 heteroatoms. The largest absolute Gasteiger partial charge is 0.376 e. The summed E-state index contributed by atoms with van der Waals surface area (Å²) in [6, 6.07) is 14.1. The van der Waals surface area contributed by atoms with E-state index in [1.807, 2.05) is 0 Å². The number of rotatable bonds is 17. The molecule has 2 aliphatic rings. The van der Waals surface area contributed by atoms with Crippen molar-refractivity contribution in [1.82, 2.24) is 10.6 Å². The zero-order chi connectivity index (χ0) is 31.0. The fraction of sp³-hybridized carbons (Fsp3) is 0.529. The van der Waals surface area contributed by atoms with Gasteiger partial charge in [-0.25, -0.2) is 0 Å². The molecule has 2 atom stereocenters. The van der Waals surface area contributed by atoms with Crippen molar-refractivity contribution in [2.75, 3.05) is 36.9 Å². The summed E-state index contributed by atoms with van der Waals surface area (Å²) in [5.74, 6) is -0.654. The van der Waals surface area contributed by atoms with Crippen LogP contribution in [-0.2, 0) is 19.1 Å². The van der Waals surface area contributed by atoms with Crippen LogP contribution >= 0.6 is 0 Å². The number of hydrogen-bond acceptors (Lipinski definition) is 6. The molecular formula is C34H46N4O6. The SMILES string of the molecule is O=C(CCCCCCCCC(=O)Nc1ccccc1C(=O)NCC1CCCO1)Nc1ccccc1C(=O)NCC1CCCO1. The number of amides is 4. The van der Waals surface area contributed by atoms with E-state index in [4.69, 9.17) is 9.47 Å². The predicted molar refractivity (Wildman–Crippen MR) is 170 cm³/mol. The minimum atomic E-state index is -0.218. The van der Waals surface area contributed by atoms with Crippen molar-refractivity contribution in [2.24, 2.45) is 0 Å². The Labute approximate surface area is 260 Å². The molecule has 2 saturated heterocycles. The van der Waals surface area contributed by atoms with Crippen molar-refractivity contribution in [3.63, 3.8) is 0 Å². The molecule has 44 heavy (non-hydrogen) atoms. The lowest BCUT2D eigenvalue weighted by atomic mass is 10.1. The van der Waals surface area contributed by atoms with E-state index >= 15 is 0 Å². The van der Waals surface area contributed by atoms with E-state index in [1.54, 1.807) is 48.5 Å². The molecule has 2 aromatic rings. The Morgan fingerprint density at radius 2 is 1.00 bits per heavy atom. The second kappa shape index (κ2) is 18.1. The van der Waals surface area contributed by atoms with Crippen LogP contribution in [0.3, 0.4) is 0 Å². The van der Waals surface area contributed by atoms with E-state index in [-0.39, 0.29) is 35.8 Å². The molecule has 2 unspecified atom stereocenters. The molecule has 0 bridgehead atoms. The third-order valence-corrected chi connectivity index (χ3v) is 7.98. The molecule has 10 nitrogen and oxygen atoms in total. The first-order valence-electron chi connectivity index (χ1n) is 16.1. The van der Waals surface area contributed by atoms with Crippen LogP contribution in [0.4, 0.5) is 11.4 Å². The van der Waals surface area contributed by atoms with E-state index in [1.165, 1.54) is 0 Å². The van der Waals surface area contributed by atoms with Crippen molar-refractivity contribution < 1.29 is 28.7 Å². The minimum Gasteiger partial charge on any atom is -0.376 e. The summed E-state index contributed by atoms with van der Waals surface area (Å²) in [7, 11) is 0. The molecule has 0 spiro atoms. The Bertz CT molecular complexity index is 1140. The van der Waals surface area contributed by atoms with Gasteiger partial charge in [-0.05, 0) is 62.8 Å². The third kappa shape index (κ3) is 11.1. The molecular weight excluding hydrogens is 560 g/mol. The summed E-state index contributed by atoms with van der Waals surface area (Å²) in [6.45, 7) is 2.41. The molecule has 2 heterocycles. The maximum Gasteiger partial charge on any atom is 0.253 e. The normalized spacial score (nSPS) is 17.6. The highest BCUT2D eigenvalue weighted by Crippen LogP contribution is 2.19. The van der Waals surface area contributed by atoms with Crippen LogP contribution < -0.4 is 21.3 Å². The quantitative estimate of drug-likeness (QED) is 0.183. The number of ether oxygens (including phenoxy) is 2. The number of carbonyl (C=O) groups is 4. The highest BCUT2D eigenvalue weighted by Gasteiger charge is 2.20. The van der Waals surface area contributed by atoms with Gasteiger partial charge in [0, 0.05) is 39.1 Å². The van der Waals surface area contributed by atoms with Crippen LogP contribution in [0.2, 0.25) is 0 Å². The van der Waals surface area contributed by atoms with E-state index in [2.05, 4.69) is 21.3 Å². The topological polar surface area (TPSA) is 135 Å². The number of hydrogen-bond donors (Lipinski definition) is 4. The zero-order valence-electron chi connectivity index (χ0n) is 25.5. The van der Waals surface area contributed by atoms with E-state index < -0.39 is 0 Å². The summed E-state index contributed by atoms with van der Waals surface area (Å²) in [5, 5.41) is 11.6. The van der Waals surface area contributed by atoms with Crippen LogP contribution in [0, 0.1) is 0 Å². The smallest absolute Gasteiger partial charge is 0.253 e. The maximum atomic E-state index is 12.7. The lowest BCUT2D eigenvalue weighted by molar-refractivity contribution is -0.117. The third-order valence-electron chi connectivity index (χ3n) is 7.98. The number of benzene rings is 2.